The predicted octanol–water partition coefficient (Wildman–Crippen LogP) is 1.78. The molecule has 0 spiro atoms. The average molecular weight is 256 g/mol. The lowest BCUT2D eigenvalue weighted by Crippen LogP contribution is -2.33. The lowest BCUT2D eigenvalue weighted by Gasteiger charge is -2.17. The van der Waals surface area contributed by atoms with Crippen molar-refractivity contribution in [3.63, 3.8) is 0 Å². The van der Waals surface area contributed by atoms with Crippen LogP contribution in [0.2, 0.25) is 0 Å². The Bertz CT molecular complexity index is 479. The molecule has 1 aromatic carbocycles. The summed E-state index contributed by atoms with van der Waals surface area (Å²) >= 11 is 0. The first-order chi connectivity index (χ1) is 7.92. The monoisotopic (exact) mass is 256 g/mol. The van der Waals surface area contributed by atoms with Crippen LogP contribution in [0, 0.1) is 13.8 Å². The fourth-order valence-corrected chi connectivity index (χ4v) is 3.00. The molecule has 1 rings (SSSR count). The zero-order valence-corrected chi connectivity index (χ0v) is 11.3. The van der Waals surface area contributed by atoms with E-state index in [1.807, 2.05) is 32.9 Å². The Morgan fingerprint density at radius 3 is 2.53 bits per heavy atom. The second kappa shape index (κ2) is 5.51. The van der Waals surface area contributed by atoms with E-state index in [0.29, 0.717) is 12.1 Å². The molecule has 0 bridgehead atoms. The summed E-state index contributed by atoms with van der Waals surface area (Å²) in [6.45, 7) is 5.81. The Morgan fingerprint density at radius 2 is 2.00 bits per heavy atom. The van der Waals surface area contributed by atoms with Gasteiger partial charge in [0.05, 0.1) is 10.9 Å². The van der Waals surface area contributed by atoms with Gasteiger partial charge in [-0.25, -0.2) is 8.42 Å². The van der Waals surface area contributed by atoms with E-state index in [1.165, 1.54) is 0 Å². The molecule has 1 unspecified atom stereocenters. The minimum atomic E-state index is -3.39. The van der Waals surface area contributed by atoms with Gasteiger partial charge in [-0.1, -0.05) is 19.1 Å². The molecule has 1 aromatic rings. The number of aryl methyl sites for hydroxylation is 1. The quantitative estimate of drug-likeness (QED) is 0.843. The molecule has 0 saturated heterocycles. The van der Waals surface area contributed by atoms with Gasteiger partial charge < -0.3 is 5.73 Å². The van der Waals surface area contributed by atoms with Gasteiger partial charge >= 0.3 is 0 Å². The fourth-order valence-electron chi connectivity index (χ4n) is 1.61. The van der Waals surface area contributed by atoms with Gasteiger partial charge in [0.1, 0.15) is 0 Å². The summed E-state index contributed by atoms with van der Waals surface area (Å²) in [5, 5.41) is -0.539. The molecule has 0 fully saturated rings. The van der Waals surface area contributed by atoms with E-state index in [-0.39, 0.29) is 6.54 Å². The van der Waals surface area contributed by atoms with Gasteiger partial charge in [0.25, 0.3) is 0 Å². The van der Waals surface area contributed by atoms with Crippen LogP contribution in [0.5, 0.6) is 0 Å². The van der Waals surface area contributed by atoms with Crippen LogP contribution in [0.1, 0.15) is 24.5 Å². The topological polar surface area (TPSA) is 72.2 Å². The minimum absolute atomic E-state index is 0.136. The van der Waals surface area contributed by atoms with Gasteiger partial charge in [-0.3, -0.25) is 4.72 Å². The van der Waals surface area contributed by atoms with Gasteiger partial charge in [0.2, 0.25) is 10.0 Å². The summed E-state index contributed by atoms with van der Waals surface area (Å²) < 4.78 is 26.7. The summed E-state index contributed by atoms with van der Waals surface area (Å²) in [6, 6.07) is 5.56. The van der Waals surface area contributed by atoms with E-state index in [1.54, 1.807) is 6.07 Å². The lowest BCUT2D eigenvalue weighted by atomic mass is 10.1. The average Bonchev–Trinajstić information content (AvgIpc) is 2.26. The Labute approximate surface area is 103 Å². The van der Waals surface area contributed by atoms with Gasteiger partial charge in [-0.15, -0.1) is 0 Å². The van der Waals surface area contributed by atoms with Crippen LogP contribution < -0.4 is 10.5 Å². The summed E-state index contributed by atoms with van der Waals surface area (Å²) in [7, 11) is -3.39. The van der Waals surface area contributed by atoms with Crippen molar-refractivity contribution < 1.29 is 8.42 Å². The minimum Gasteiger partial charge on any atom is -0.329 e. The third-order valence-electron chi connectivity index (χ3n) is 3.01. The molecular weight excluding hydrogens is 236 g/mol. The van der Waals surface area contributed by atoms with Gasteiger partial charge in [-0.05, 0) is 37.5 Å². The van der Waals surface area contributed by atoms with Gasteiger partial charge in [0, 0.05) is 6.54 Å². The van der Waals surface area contributed by atoms with Crippen molar-refractivity contribution in [2.24, 2.45) is 5.73 Å². The van der Waals surface area contributed by atoms with E-state index in [2.05, 4.69) is 4.72 Å². The van der Waals surface area contributed by atoms with Crippen molar-refractivity contribution in [1.82, 2.24) is 0 Å². The number of sulfonamides is 1. The third-order valence-corrected chi connectivity index (χ3v) is 4.92. The highest BCUT2D eigenvalue weighted by molar-refractivity contribution is 7.93. The number of nitrogens with two attached hydrogens (primary N) is 1. The molecule has 4 nitrogen and oxygen atoms in total. The zero-order chi connectivity index (χ0) is 13.1. The molecule has 3 N–H and O–H groups in total. The molecule has 0 aromatic heterocycles. The van der Waals surface area contributed by atoms with Crippen LogP contribution in [0.15, 0.2) is 18.2 Å². The van der Waals surface area contributed by atoms with Crippen molar-refractivity contribution in [3.05, 3.63) is 29.3 Å². The van der Waals surface area contributed by atoms with Crippen molar-refractivity contribution in [2.75, 3.05) is 11.3 Å². The largest absolute Gasteiger partial charge is 0.329 e. The molecule has 0 heterocycles. The molecule has 0 radical (unpaired) electrons. The highest BCUT2D eigenvalue weighted by Crippen LogP contribution is 2.20. The molecule has 0 aliphatic rings. The zero-order valence-electron chi connectivity index (χ0n) is 10.5. The van der Waals surface area contributed by atoms with Crippen LogP contribution in [-0.4, -0.2) is 20.2 Å². The molecule has 0 aliphatic heterocycles. The van der Waals surface area contributed by atoms with Gasteiger partial charge in [-0.2, -0.15) is 0 Å². The van der Waals surface area contributed by atoms with Crippen molar-refractivity contribution in [1.29, 1.82) is 0 Å². The first-order valence-electron chi connectivity index (χ1n) is 5.70. The highest BCUT2D eigenvalue weighted by atomic mass is 32.2. The number of anilines is 1. The van der Waals surface area contributed by atoms with Gasteiger partial charge in [0.15, 0.2) is 0 Å². The Kier molecular flexibility index (Phi) is 4.54. The maximum Gasteiger partial charge on any atom is 0.236 e. The smallest absolute Gasteiger partial charge is 0.236 e. The fraction of sp³-hybridized carbons (Fsp3) is 0.500. The molecule has 5 heteroatoms. The van der Waals surface area contributed by atoms with E-state index >= 15 is 0 Å². The van der Waals surface area contributed by atoms with Crippen LogP contribution in [0.3, 0.4) is 0 Å². The van der Waals surface area contributed by atoms with E-state index in [9.17, 15) is 8.42 Å². The van der Waals surface area contributed by atoms with E-state index in [4.69, 9.17) is 5.73 Å². The number of hydrogen-bond donors (Lipinski definition) is 2. The summed E-state index contributed by atoms with van der Waals surface area (Å²) in [5.41, 5.74) is 8.12. The predicted molar refractivity (Wildman–Crippen MR) is 71.6 cm³/mol. The van der Waals surface area contributed by atoms with Crippen LogP contribution in [0.4, 0.5) is 5.69 Å². The Balaban J connectivity index is 3.02. The maximum atomic E-state index is 12.0. The van der Waals surface area contributed by atoms with Crippen molar-refractivity contribution in [2.45, 2.75) is 32.4 Å². The number of hydrogen-bond acceptors (Lipinski definition) is 3. The van der Waals surface area contributed by atoms with Crippen molar-refractivity contribution in [3.8, 4) is 0 Å². The number of nitrogens with one attached hydrogen (secondary N) is 1. The first-order valence-corrected chi connectivity index (χ1v) is 7.25. The molecule has 96 valence electrons. The standard InChI is InChI=1S/C12H20N2O2S/c1-4-11(8-13)17(15,16)14-12-7-5-6-9(2)10(12)3/h5-7,11,14H,4,8,13H2,1-3H3. The number of rotatable bonds is 5. The van der Waals surface area contributed by atoms with Crippen LogP contribution in [0.25, 0.3) is 0 Å². The van der Waals surface area contributed by atoms with E-state index in [0.717, 1.165) is 11.1 Å². The summed E-state index contributed by atoms with van der Waals surface area (Å²) in [4.78, 5) is 0. The normalized spacial score (nSPS) is 13.4. The Hall–Kier alpha value is -1.07. The molecule has 0 saturated carbocycles. The van der Waals surface area contributed by atoms with Crippen molar-refractivity contribution >= 4 is 15.7 Å². The third kappa shape index (κ3) is 3.20. The number of benzene rings is 1. The maximum absolute atomic E-state index is 12.0. The second-order valence-electron chi connectivity index (χ2n) is 4.16. The van der Waals surface area contributed by atoms with E-state index < -0.39 is 15.3 Å². The molecule has 0 aliphatic carbocycles. The lowest BCUT2D eigenvalue weighted by molar-refractivity contribution is 0.581. The molecular formula is C12H20N2O2S. The molecule has 1 atom stereocenters. The SMILES string of the molecule is CCC(CN)S(=O)(=O)Nc1cccc(C)c1C. The first kappa shape index (κ1) is 14.0. The summed E-state index contributed by atoms with van der Waals surface area (Å²) in [6.07, 6.45) is 0.511. The van der Waals surface area contributed by atoms with Crippen LogP contribution in [-0.2, 0) is 10.0 Å². The molecule has 17 heavy (non-hydrogen) atoms. The highest BCUT2D eigenvalue weighted by Gasteiger charge is 2.22. The Morgan fingerprint density at radius 1 is 1.35 bits per heavy atom. The molecule has 0 amide bonds. The summed E-state index contributed by atoms with van der Waals surface area (Å²) in [5.74, 6) is 0. The van der Waals surface area contributed by atoms with Crippen LogP contribution >= 0.6 is 0 Å². The second-order valence-corrected chi connectivity index (χ2v) is 6.12.